The zero-order valence-electron chi connectivity index (χ0n) is 8.59. The summed E-state index contributed by atoms with van der Waals surface area (Å²) < 4.78 is 0. The first-order chi connectivity index (χ1) is 6.77. The van der Waals surface area contributed by atoms with Gasteiger partial charge in [0.05, 0.1) is 0 Å². The first-order valence-corrected chi connectivity index (χ1v) is 5.31. The van der Waals surface area contributed by atoms with Gasteiger partial charge in [-0.05, 0) is 43.5 Å². The van der Waals surface area contributed by atoms with Gasteiger partial charge < -0.3 is 10.4 Å². The Labute approximate surface area is 85.0 Å². The molecule has 0 saturated carbocycles. The van der Waals surface area contributed by atoms with Gasteiger partial charge in [-0.1, -0.05) is 19.1 Å². The monoisotopic (exact) mass is 191 g/mol. The third-order valence-electron chi connectivity index (χ3n) is 3.25. The highest BCUT2D eigenvalue weighted by Gasteiger charge is 2.33. The Kier molecular flexibility index (Phi) is 2.46. The highest BCUT2D eigenvalue weighted by molar-refractivity contribution is 5.33. The van der Waals surface area contributed by atoms with Crippen molar-refractivity contribution in [1.82, 2.24) is 5.32 Å². The highest BCUT2D eigenvalue weighted by Crippen LogP contribution is 2.34. The molecule has 1 saturated heterocycles. The van der Waals surface area contributed by atoms with E-state index in [2.05, 4.69) is 18.3 Å². The molecule has 1 aromatic carbocycles. The van der Waals surface area contributed by atoms with Crippen LogP contribution in [0.2, 0.25) is 0 Å². The third kappa shape index (κ3) is 1.50. The summed E-state index contributed by atoms with van der Waals surface area (Å²) in [5, 5.41) is 13.0. The number of benzene rings is 1. The molecular weight excluding hydrogens is 174 g/mol. The summed E-state index contributed by atoms with van der Waals surface area (Å²) in [7, 11) is 0. The van der Waals surface area contributed by atoms with Crippen LogP contribution in [0.5, 0.6) is 5.75 Å². The van der Waals surface area contributed by atoms with Crippen LogP contribution in [-0.2, 0) is 5.54 Å². The van der Waals surface area contributed by atoms with Crippen molar-refractivity contribution in [3.63, 3.8) is 0 Å². The van der Waals surface area contributed by atoms with Gasteiger partial charge in [-0.25, -0.2) is 0 Å². The molecule has 14 heavy (non-hydrogen) atoms. The topological polar surface area (TPSA) is 32.3 Å². The summed E-state index contributed by atoms with van der Waals surface area (Å²) in [5.41, 5.74) is 1.33. The minimum Gasteiger partial charge on any atom is -0.508 e. The van der Waals surface area contributed by atoms with E-state index in [9.17, 15) is 5.11 Å². The fourth-order valence-corrected chi connectivity index (χ4v) is 2.36. The van der Waals surface area contributed by atoms with Crippen molar-refractivity contribution >= 4 is 0 Å². The van der Waals surface area contributed by atoms with Crippen LogP contribution in [0, 0.1) is 0 Å². The maximum absolute atomic E-state index is 9.46. The molecule has 0 aromatic heterocycles. The van der Waals surface area contributed by atoms with Crippen molar-refractivity contribution in [2.24, 2.45) is 0 Å². The SMILES string of the molecule is CCC1(c2cccc(O)c2)CCCN1. The Morgan fingerprint density at radius 3 is 2.93 bits per heavy atom. The molecule has 1 aromatic rings. The standard InChI is InChI=1S/C12H17NO/c1-2-12(7-4-8-13-12)10-5-3-6-11(14)9-10/h3,5-6,9,13-14H,2,4,7-8H2,1H3. The molecule has 0 spiro atoms. The summed E-state index contributed by atoms with van der Waals surface area (Å²) >= 11 is 0. The van der Waals surface area contributed by atoms with E-state index in [-0.39, 0.29) is 5.54 Å². The van der Waals surface area contributed by atoms with Crippen LogP contribution < -0.4 is 5.32 Å². The summed E-state index contributed by atoms with van der Waals surface area (Å²) in [4.78, 5) is 0. The van der Waals surface area contributed by atoms with Crippen LogP contribution in [0.3, 0.4) is 0 Å². The lowest BCUT2D eigenvalue weighted by Crippen LogP contribution is -2.35. The minimum atomic E-state index is 0.110. The maximum atomic E-state index is 9.46. The Morgan fingerprint density at radius 1 is 1.50 bits per heavy atom. The molecule has 0 radical (unpaired) electrons. The molecule has 1 atom stereocenters. The molecule has 0 bridgehead atoms. The van der Waals surface area contributed by atoms with E-state index in [0.717, 1.165) is 13.0 Å². The van der Waals surface area contributed by atoms with Gasteiger partial charge in [0.15, 0.2) is 0 Å². The van der Waals surface area contributed by atoms with E-state index >= 15 is 0 Å². The second kappa shape index (κ2) is 3.62. The summed E-state index contributed by atoms with van der Waals surface area (Å²) in [5.74, 6) is 0.365. The molecule has 2 rings (SSSR count). The predicted octanol–water partition coefficient (Wildman–Crippen LogP) is 2.38. The number of aromatic hydroxyl groups is 1. The predicted molar refractivity (Wildman–Crippen MR) is 57.3 cm³/mol. The van der Waals surface area contributed by atoms with Crippen LogP contribution in [0.1, 0.15) is 31.7 Å². The molecular formula is C12H17NO. The average molecular weight is 191 g/mol. The second-order valence-corrected chi connectivity index (χ2v) is 4.02. The molecule has 2 nitrogen and oxygen atoms in total. The van der Waals surface area contributed by atoms with Crippen molar-refractivity contribution in [3.8, 4) is 5.75 Å². The number of phenols is 1. The van der Waals surface area contributed by atoms with Gasteiger partial charge in [-0.2, -0.15) is 0 Å². The van der Waals surface area contributed by atoms with Crippen LogP contribution >= 0.6 is 0 Å². The minimum absolute atomic E-state index is 0.110. The van der Waals surface area contributed by atoms with Crippen LogP contribution in [0.4, 0.5) is 0 Å². The number of phenolic OH excluding ortho intramolecular Hbond substituents is 1. The van der Waals surface area contributed by atoms with Crippen molar-refractivity contribution in [2.75, 3.05) is 6.54 Å². The van der Waals surface area contributed by atoms with E-state index < -0.39 is 0 Å². The fraction of sp³-hybridized carbons (Fsp3) is 0.500. The van der Waals surface area contributed by atoms with E-state index in [1.165, 1.54) is 18.4 Å². The molecule has 2 heteroatoms. The Hall–Kier alpha value is -1.02. The smallest absolute Gasteiger partial charge is 0.115 e. The zero-order valence-corrected chi connectivity index (χ0v) is 8.59. The van der Waals surface area contributed by atoms with E-state index in [0.29, 0.717) is 5.75 Å². The Bertz CT molecular complexity index is 316. The van der Waals surface area contributed by atoms with Crippen molar-refractivity contribution < 1.29 is 5.11 Å². The quantitative estimate of drug-likeness (QED) is 0.752. The van der Waals surface area contributed by atoms with Crippen LogP contribution in [-0.4, -0.2) is 11.7 Å². The highest BCUT2D eigenvalue weighted by atomic mass is 16.3. The van der Waals surface area contributed by atoms with Crippen molar-refractivity contribution in [2.45, 2.75) is 31.7 Å². The molecule has 1 unspecified atom stereocenters. The number of rotatable bonds is 2. The molecule has 1 fully saturated rings. The van der Waals surface area contributed by atoms with Gasteiger partial charge in [0, 0.05) is 5.54 Å². The second-order valence-electron chi connectivity index (χ2n) is 4.02. The molecule has 1 aliphatic rings. The van der Waals surface area contributed by atoms with Gasteiger partial charge in [-0.3, -0.25) is 0 Å². The fourth-order valence-electron chi connectivity index (χ4n) is 2.36. The first-order valence-electron chi connectivity index (χ1n) is 5.31. The number of hydrogen-bond donors (Lipinski definition) is 2. The summed E-state index contributed by atoms with van der Waals surface area (Å²) in [6.07, 6.45) is 3.48. The molecule has 1 heterocycles. The summed E-state index contributed by atoms with van der Waals surface area (Å²) in [6.45, 7) is 3.28. The number of nitrogens with one attached hydrogen (secondary N) is 1. The Balaban J connectivity index is 2.35. The molecule has 2 N–H and O–H groups in total. The van der Waals surface area contributed by atoms with E-state index in [1.54, 1.807) is 6.07 Å². The van der Waals surface area contributed by atoms with E-state index in [1.807, 2.05) is 12.1 Å². The van der Waals surface area contributed by atoms with Gasteiger partial charge >= 0.3 is 0 Å². The lowest BCUT2D eigenvalue weighted by atomic mass is 9.86. The third-order valence-corrected chi connectivity index (χ3v) is 3.25. The van der Waals surface area contributed by atoms with Crippen molar-refractivity contribution in [1.29, 1.82) is 0 Å². The lowest BCUT2D eigenvalue weighted by Gasteiger charge is -2.28. The summed E-state index contributed by atoms with van der Waals surface area (Å²) in [6, 6.07) is 7.62. The average Bonchev–Trinajstić information content (AvgIpc) is 2.67. The maximum Gasteiger partial charge on any atom is 0.115 e. The molecule has 0 aliphatic carbocycles. The van der Waals surface area contributed by atoms with Gasteiger partial charge in [-0.15, -0.1) is 0 Å². The van der Waals surface area contributed by atoms with E-state index in [4.69, 9.17) is 0 Å². The molecule has 0 amide bonds. The lowest BCUT2D eigenvalue weighted by molar-refractivity contribution is 0.373. The normalized spacial score (nSPS) is 26.6. The van der Waals surface area contributed by atoms with Gasteiger partial charge in [0.1, 0.15) is 5.75 Å². The first kappa shape index (κ1) is 9.53. The Morgan fingerprint density at radius 2 is 2.36 bits per heavy atom. The zero-order chi connectivity index (χ0) is 10.0. The molecule has 76 valence electrons. The van der Waals surface area contributed by atoms with Gasteiger partial charge in [0.2, 0.25) is 0 Å². The molecule has 1 aliphatic heterocycles. The van der Waals surface area contributed by atoms with Crippen LogP contribution in [0.25, 0.3) is 0 Å². The largest absolute Gasteiger partial charge is 0.508 e. The van der Waals surface area contributed by atoms with Crippen molar-refractivity contribution in [3.05, 3.63) is 29.8 Å². The number of hydrogen-bond acceptors (Lipinski definition) is 2. The van der Waals surface area contributed by atoms with Crippen LogP contribution in [0.15, 0.2) is 24.3 Å². The van der Waals surface area contributed by atoms with Gasteiger partial charge in [0.25, 0.3) is 0 Å².